The van der Waals surface area contributed by atoms with Gasteiger partial charge in [0.05, 0.1) is 18.4 Å². The van der Waals surface area contributed by atoms with E-state index in [0.29, 0.717) is 0 Å². The summed E-state index contributed by atoms with van der Waals surface area (Å²) >= 11 is 0. The topological polar surface area (TPSA) is 148 Å². The van der Waals surface area contributed by atoms with Crippen LogP contribution in [-0.2, 0) is 16.0 Å². The molecule has 108 valence electrons. The Morgan fingerprint density at radius 1 is 1.58 bits per heavy atom. The number of aliphatic hydroxyl groups excluding tert-OH is 1. The molecule has 0 bridgehead atoms. The first-order valence-corrected chi connectivity index (χ1v) is 7.16. The van der Waals surface area contributed by atoms with E-state index in [0.717, 1.165) is 4.57 Å². The van der Waals surface area contributed by atoms with Crippen molar-refractivity contribution in [3.63, 3.8) is 0 Å². The van der Waals surface area contributed by atoms with Gasteiger partial charge in [0.15, 0.2) is 0 Å². The Morgan fingerprint density at radius 2 is 2.21 bits per heavy atom. The van der Waals surface area contributed by atoms with E-state index < -0.39 is 31.7 Å². The van der Waals surface area contributed by atoms with Gasteiger partial charge < -0.3 is 25.4 Å². The number of nitrogen functional groups attached to an aromatic ring is 1. The van der Waals surface area contributed by atoms with E-state index in [1.165, 1.54) is 19.2 Å². The molecule has 0 saturated heterocycles. The van der Waals surface area contributed by atoms with Crippen molar-refractivity contribution in [1.29, 1.82) is 0 Å². The Hall–Kier alpha value is -1.25. The normalized spacial score (nSPS) is 15.2. The molecule has 0 amide bonds. The molecule has 0 aromatic carbocycles. The summed E-state index contributed by atoms with van der Waals surface area (Å²) in [7, 11) is -4.32. The summed E-state index contributed by atoms with van der Waals surface area (Å²) < 4.78 is 17.1. The van der Waals surface area contributed by atoms with Crippen LogP contribution in [0.15, 0.2) is 17.1 Å². The van der Waals surface area contributed by atoms with E-state index in [-0.39, 0.29) is 12.5 Å². The van der Waals surface area contributed by atoms with Crippen LogP contribution in [0.4, 0.5) is 5.82 Å². The van der Waals surface area contributed by atoms with E-state index in [9.17, 15) is 14.5 Å². The number of hydrogen-bond donors (Lipinski definition) is 4. The molecule has 5 N–H and O–H groups in total. The average Bonchev–Trinajstić information content (AvgIpc) is 2.24. The molecule has 1 rings (SSSR count). The van der Waals surface area contributed by atoms with Crippen LogP contribution in [-0.4, -0.2) is 42.8 Å². The van der Waals surface area contributed by atoms with Gasteiger partial charge in [0.25, 0.3) is 0 Å². The summed E-state index contributed by atoms with van der Waals surface area (Å²) in [5, 5.41) is 9.38. The predicted octanol–water partition coefficient (Wildman–Crippen LogP) is -1.27. The third kappa shape index (κ3) is 5.50. The monoisotopic (exact) mass is 293 g/mol. The molecule has 19 heavy (non-hydrogen) atoms. The van der Waals surface area contributed by atoms with Crippen LogP contribution in [0.2, 0.25) is 0 Å². The van der Waals surface area contributed by atoms with E-state index in [2.05, 4.69) is 4.98 Å². The molecule has 0 aliphatic rings. The molecule has 1 aromatic heterocycles. The van der Waals surface area contributed by atoms with Crippen molar-refractivity contribution < 1.29 is 24.2 Å². The molecule has 0 saturated carbocycles. The highest BCUT2D eigenvalue weighted by atomic mass is 31.2. The van der Waals surface area contributed by atoms with Crippen LogP contribution in [0.5, 0.6) is 0 Å². The van der Waals surface area contributed by atoms with Crippen LogP contribution < -0.4 is 11.4 Å². The maximum atomic E-state index is 11.4. The molecule has 0 fully saturated rings. The molecule has 0 aliphatic carbocycles. The lowest BCUT2D eigenvalue weighted by atomic mass is 10.2. The number of aliphatic hydroxyl groups is 1. The highest BCUT2D eigenvalue weighted by Crippen LogP contribution is 2.36. The third-order valence-corrected chi connectivity index (χ3v) is 3.11. The molecule has 0 unspecified atom stereocenters. The van der Waals surface area contributed by atoms with Gasteiger partial charge in [-0.1, -0.05) is 0 Å². The van der Waals surface area contributed by atoms with Crippen molar-refractivity contribution >= 4 is 13.4 Å². The van der Waals surface area contributed by atoms with Gasteiger partial charge in [-0.25, -0.2) is 4.79 Å². The average molecular weight is 293 g/mol. The Kier molecular flexibility index (Phi) is 5.21. The van der Waals surface area contributed by atoms with Gasteiger partial charge in [-0.15, -0.1) is 0 Å². The molecule has 10 heteroatoms. The first kappa shape index (κ1) is 15.8. The van der Waals surface area contributed by atoms with E-state index in [4.69, 9.17) is 20.3 Å². The van der Waals surface area contributed by atoms with Gasteiger partial charge in [0.1, 0.15) is 12.5 Å². The second kappa shape index (κ2) is 6.27. The zero-order chi connectivity index (χ0) is 14.6. The molecule has 2 atom stereocenters. The largest absolute Gasteiger partial charge is 0.391 e. The minimum Gasteiger partial charge on any atom is -0.391 e. The fraction of sp³-hybridized carbons (Fsp3) is 0.556. The van der Waals surface area contributed by atoms with Crippen molar-refractivity contribution in [1.82, 2.24) is 9.55 Å². The quantitative estimate of drug-likeness (QED) is 0.474. The highest BCUT2D eigenvalue weighted by Gasteiger charge is 2.26. The number of rotatable bonds is 6. The summed E-state index contributed by atoms with van der Waals surface area (Å²) in [6.45, 7) is 1.05. The molecule has 9 nitrogen and oxygen atoms in total. The lowest BCUT2D eigenvalue weighted by Crippen LogP contribution is -2.33. The number of nitrogens with zero attached hydrogens (tertiary/aromatic N) is 2. The van der Waals surface area contributed by atoms with Crippen molar-refractivity contribution in [3.8, 4) is 0 Å². The van der Waals surface area contributed by atoms with E-state index >= 15 is 0 Å². The maximum Gasteiger partial charge on any atom is 0.351 e. The van der Waals surface area contributed by atoms with Crippen molar-refractivity contribution in [2.45, 2.75) is 25.9 Å². The summed E-state index contributed by atoms with van der Waals surface area (Å²) in [6.07, 6.45) is -1.49. The lowest BCUT2D eigenvalue weighted by Gasteiger charge is -2.21. The second-order valence-corrected chi connectivity index (χ2v) is 5.72. The van der Waals surface area contributed by atoms with Crippen molar-refractivity contribution in [3.05, 3.63) is 22.7 Å². The zero-order valence-electron chi connectivity index (χ0n) is 10.2. The Labute approximate surface area is 108 Å². The van der Waals surface area contributed by atoms with E-state index in [1.807, 2.05) is 0 Å². The number of ether oxygens (including phenoxy) is 1. The molecule has 1 aromatic rings. The minimum atomic E-state index is -4.32. The molecule has 0 spiro atoms. The maximum absolute atomic E-state index is 11.4. The van der Waals surface area contributed by atoms with Gasteiger partial charge in [-0.3, -0.25) is 9.13 Å². The van der Waals surface area contributed by atoms with Crippen LogP contribution in [0, 0.1) is 0 Å². The van der Waals surface area contributed by atoms with Gasteiger partial charge in [-0.2, -0.15) is 4.98 Å². The fourth-order valence-electron chi connectivity index (χ4n) is 1.30. The third-order valence-electron chi connectivity index (χ3n) is 2.28. The smallest absolute Gasteiger partial charge is 0.351 e. The lowest BCUT2D eigenvalue weighted by molar-refractivity contribution is -0.0493. The van der Waals surface area contributed by atoms with Crippen LogP contribution >= 0.6 is 7.60 Å². The zero-order valence-corrected chi connectivity index (χ0v) is 11.1. The second-order valence-electron chi connectivity index (χ2n) is 4.03. The highest BCUT2D eigenvalue weighted by molar-refractivity contribution is 7.51. The molecular formula is C9H16N3O6P. The Bertz CT molecular complexity index is 525. The van der Waals surface area contributed by atoms with Gasteiger partial charge in [0.2, 0.25) is 0 Å². The van der Waals surface area contributed by atoms with Crippen LogP contribution in [0.25, 0.3) is 0 Å². The van der Waals surface area contributed by atoms with Gasteiger partial charge in [0, 0.05) is 6.20 Å². The molecular weight excluding hydrogens is 277 g/mol. The molecule has 0 aliphatic heterocycles. The van der Waals surface area contributed by atoms with Crippen LogP contribution in [0.3, 0.4) is 0 Å². The Balaban J connectivity index is 2.71. The summed E-state index contributed by atoms with van der Waals surface area (Å²) in [5.74, 6) is 0.0588. The first-order chi connectivity index (χ1) is 8.69. The summed E-state index contributed by atoms with van der Waals surface area (Å²) in [5.41, 5.74) is 4.65. The minimum absolute atomic E-state index is 0.0588. The SMILES string of the molecule is C[C@H](O)[C@@H](CP(=O)(O)O)OCn1ccc(N)nc1=O. The standard InChI is InChI=1S/C9H16N3O6P/c1-6(13)7(4-19(15,16)17)18-5-12-3-2-8(10)11-9(12)14/h2-3,6-7,13H,4-5H2,1H3,(H2,10,11,14)(H2,15,16,17)/t6-,7+/m0/s1. The van der Waals surface area contributed by atoms with Crippen molar-refractivity contribution in [2.24, 2.45) is 0 Å². The fourth-order valence-corrected chi connectivity index (χ4v) is 2.17. The molecule has 0 radical (unpaired) electrons. The summed E-state index contributed by atoms with van der Waals surface area (Å²) in [6, 6.07) is 1.38. The molecule has 1 heterocycles. The van der Waals surface area contributed by atoms with Crippen molar-refractivity contribution in [2.75, 3.05) is 11.9 Å². The summed E-state index contributed by atoms with van der Waals surface area (Å²) in [4.78, 5) is 32.5. The van der Waals surface area contributed by atoms with Gasteiger partial charge in [-0.05, 0) is 13.0 Å². The van der Waals surface area contributed by atoms with Gasteiger partial charge >= 0.3 is 13.3 Å². The number of aromatic nitrogens is 2. The first-order valence-electron chi connectivity index (χ1n) is 5.36. The number of nitrogens with two attached hydrogens (primary N) is 1. The Morgan fingerprint density at radius 3 is 2.68 bits per heavy atom. The number of hydrogen-bond acceptors (Lipinski definition) is 6. The number of anilines is 1. The predicted molar refractivity (Wildman–Crippen MR) is 66.4 cm³/mol. The van der Waals surface area contributed by atoms with E-state index in [1.54, 1.807) is 0 Å². The van der Waals surface area contributed by atoms with Crippen LogP contribution in [0.1, 0.15) is 6.92 Å².